The summed E-state index contributed by atoms with van der Waals surface area (Å²) < 4.78 is 2.37. The van der Waals surface area contributed by atoms with Crippen molar-refractivity contribution in [3.8, 4) is 0 Å². The van der Waals surface area contributed by atoms with Gasteiger partial charge < -0.3 is 9.88 Å². The molecule has 1 saturated carbocycles. The summed E-state index contributed by atoms with van der Waals surface area (Å²) in [5.41, 5.74) is 2.09. The Morgan fingerprint density at radius 1 is 1.29 bits per heavy atom. The van der Waals surface area contributed by atoms with E-state index in [4.69, 9.17) is 0 Å². The van der Waals surface area contributed by atoms with Crippen molar-refractivity contribution in [2.24, 2.45) is 5.41 Å². The summed E-state index contributed by atoms with van der Waals surface area (Å²) in [6.45, 7) is 7.91. The Morgan fingerprint density at radius 3 is 2.76 bits per heavy atom. The highest BCUT2D eigenvalue weighted by Crippen LogP contribution is 2.48. The summed E-state index contributed by atoms with van der Waals surface area (Å²) in [7, 11) is 0. The third-order valence-corrected chi connectivity index (χ3v) is 3.93. The van der Waals surface area contributed by atoms with E-state index in [-0.39, 0.29) is 0 Å². The van der Waals surface area contributed by atoms with Crippen molar-refractivity contribution in [2.75, 3.05) is 6.54 Å². The lowest BCUT2D eigenvalue weighted by Crippen LogP contribution is -2.24. The van der Waals surface area contributed by atoms with Gasteiger partial charge in [0.15, 0.2) is 0 Å². The molecule has 0 aromatic carbocycles. The van der Waals surface area contributed by atoms with Crippen molar-refractivity contribution in [1.82, 2.24) is 9.88 Å². The largest absolute Gasteiger partial charge is 0.350 e. The molecular formula is C15H26N2. The van der Waals surface area contributed by atoms with Crippen LogP contribution in [0.5, 0.6) is 0 Å². The fraction of sp³-hybridized carbons (Fsp3) is 0.733. The van der Waals surface area contributed by atoms with E-state index in [1.807, 2.05) is 0 Å². The topological polar surface area (TPSA) is 17.0 Å². The molecule has 1 fully saturated rings. The third-order valence-electron chi connectivity index (χ3n) is 3.93. The summed E-state index contributed by atoms with van der Waals surface area (Å²) in [5.74, 6) is 0. The van der Waals surface area contributed by atoms with Gasteiger partial charge in [-0.2, -0.15) is 0 Å². The second-order valence-corrected chi connectivity index (χ2v) is 5.55. The first-order valence-electron chi connectivity index (χ1n) is 7.14. The maximum atomic E-state index is 3.65. The number of aryl methyl sites for hydroxylation is 1. The maximum Gasteiger partial charge on any atom is 0.0359 e. The first-order valence-corrected chi connectivity index (χ1v) is 7.14. The normalized spacial score (nSPS) is 17.3. The molecule has 2 rings (SSSR count). The zero-order valence-electron chi connectivity index (χ0n) is 11.3. The Bertz CT molecular complexity index is 336. The van der Waals surface area contributed by atoms with E-state index >= 15 is 0 Å². The summed E-state index contributed by atoms with van der Waals surface area (Å²) >= 11 is 0. The van der Waals surface area contributed by atoms with Crippen LogP contribution in [0.15, 0.2) is 18.3 Å². The number of nitrogens with zero attached hydrogens (tertiary/aromatic N) is 1. The molecule has 1 heterocycles. The number of rotatable bonds is 8. The lowest BCUT2D eigenvalue weighted by Gasteiger charge is -2.15. The average molecular weight is 234 g/mol. The fourth-order valence-electron chi connectivity index (χ4n) is 2.75. The van der Waals surface area contributed by atoms with Crippen LogP contribution in [0.4, 0.5) is 0 Å². The van der Waals surface area contributed by atoms with Gasteiger partial charge in [-0.15, -0.1) is 0 Å². The van der Waals surface area contributed by atoms with Crippen LogP contribution in [-0.2, 0) is 13.1 Å². The molecule has 1 aromatic heterocycles. The van der Waals surface area contributed by atoms with E-state index in [2.05, 4.69) is 42.1 Å². The van der Waals surface area contributed by atoms with Crippen LogP contribution >= 0.6 is 0 Å². The molecular weight excluding hydrogens is 208 g/mol. The Morgan fingerprint density at radius 2 is 2.12 bits per heavy atom. The van der Waals surface area contributed by atoms with Crippen molar-refractivity contribution in [3.63, 3.8) is 0 Å². The molecule has 0 saturated heterocycles. The van der Waals surface area contributed by atoms with E-state index in [1.165, 1.54) is 44.3 Å². The Balaban J connectivity index is 1.76. The van der Waals surface area contributed by atoms with Crippen LogP contribution in [0.25, 0.3) is 0 Å². The molecule has 96 valence electrons. The molecule has 17 heavy (non-hydrogen) atoms. The van der Waals surface area contributed by atoms with Crippen LogP contribution in [0.3, 0.4) is 0 Å². The Hall–Kier alpha value is -0.760. The van der Waals surface area contributed by atoms with Gasteiger partial charge in [0.2, 0.25) is 0 Å². The number of hydrogen-bond donors (Lipinski definition) is 1. The molecule has 0 aliphatic heterocycles. The van der Waals surface area contributed by atoms with Crippen LogP contribution in [0, 0.1) is 5.41 Å². The molecule has 1 aromatic rings. The highest BCUT2D eigenvalue weighted by molar-refractivity contribution is 5.07. The maximum absolute atomic E-state index is 3.65. The fourth-order valence-corrected chi connectivity index (χ4v) is 2.75. The second kappa shape index (κ2) is 5.72. The monoisotopic (exact) mass is 234 g/mol. The molecule has 0 amide bonds. The van der Waals surface area contributed by atoms with Crippen molar-refractivity contribution in [2.45, 2.75) is 59.0 Å². The van der Waals surface area contributed by atoms with E-state index < -0.39 is 0 Å². The number of hydrogen-bond acceptors (Lipinski definition) is 1. The highest BCUT2D eigenvalue weighted by Gasteiger charge is 2.40. The first kappa shape index (κ1) is 12.7. The Kier molecular flexibility index (Phi) is 4.27. The molecule has 0 bridgehead atoms. The standard InChI is InChI=1S/C15H26N2/c1-3-7-15(8-9-15)13-16-12-14-6-5-11-17(14)10-4-2/h5-6,11,16H,3-4,7-10,12-13H2,1-2H3. The predicted molar refractivity (Wildman–Crippen MR) is 73.0 cm³/mol. The van der Waals surface area contributed by atoms with Crippen LogP contribution in [-0.4, -0.2) is 11.1 Å². The molecule has 2 nitrogen and oxygen atoms in total. The molecule has 2 heteroatoms. The highest BCUT2D eigenvalue weighted by atomic mass is 15.0. The van der Waals surface area contributed by atoms with Crippen molar-refractivity contribution in [3.05, 3.63) is 24.0 Å². The van der Waals surface area contributed by atoms with Gasteiger partial charge in [-0.25, -0.2) is 0 Å². The molecule has 0 unspecified atom stereocenters. The summed E-state index contributed by atoms with van der Waals surface area (Å²) in [6, 6.07) is 4.40. The lowest BCUT2D eigenvalue weighted by molar-refractivity contribution is 0.416. The van der Waals surface area contributed by atoms with Crippen LogP contribution < -0.4 is 5.32 Å². The lowest BCUT2D eigenvalue weighted by atomic mass is 10.0. The molecule has 1 N–H and O–H groups in total. The van der Waals surface area contributed by atoms with E-state index in [9.17, 15) is 0 Å². The first-order chi connectivity index (χ1) is 8.29. The molecule has 1 aliphatic rings. The van der Waals surface area contributed by atoms with Gasteiger partial charge in [-0.3, -0.25) is 0 Å². The van der Waals surface area contributed by atoms with Gasteiger partial charge >= 0.3 is 0 Å². The van der Waals surface area contributed by atoms with Crippen molar-refractivity contribution in [1.29, 1.82) is 0 Å². The van der Waals surface area contributed by atoms with Gasteiger partial charge in [-0.1, -0.05) is 20.3 Å². The minimum Gasteiger partial charge on any atom is -0.350 e. The average Bonchev–Trinajstić information content (AvgIpc) is 2.93. The van der Waals surface area contributed by atoms with Crippen molar-refractivity contribution < 1.29 is 0 Å². The summed E-state index contributed by atoms with van der Waals surface area (Å²) in [6.07, 6.45) is 9.00. The van der Waals surface area contributed by atoms with Crippen LogP contribution in [0.1, 0.15) is 51.6 Å². The zero-order chi connectivity index (χ0) is 12.1. The molecule has 0 spiro atoms. The van der Waals surface area contributed by atoms with Gasteiger partial charge in [0.05, 0.1) is 0 Å². The van der Waals surface area contributed by atoms with E-state index in [1.54, 1.807) is 0 Å². The summed E-state index contributed by atoms with van der Waals surface area (Å²) in [4.78, 5) is 0. The quantitative estimate of drug-likeness (QED) is 0.727. The van der Waals surface area contributed by atoms with E-state index in [0.29, 0.717) is 5.41 Å². The van der Waals surface area contributed by atoms with Gasteiger partial charge in [0, 0.05) is 31.5 Å². The van der Waals surface area contributed by atoms with Gasteiger partial charge in [0.1, 0.15) is 0 Å². The number of nitrogens with one attached hydrogen (secondary N) is 1. The molecule has 0 atom stereocenters. The molecule has 0 radical (unpaired) electrons. The Labute approximate surface area is 105 Å². The third kappa shape index (κ3) is 3.35. The van der Waals surface area contributed by atoms with E-state index in [0.717, 1.165) is 13.1 Å². The van der Waals surface area contributed by atoms with Crippen LogP contribution in [0.2, 0.25) is 0 Å². The van der Waals surface area contributed by atoms with Gasteiger partial charge in [-0.05, 0) is 43.2 Å². The minimum atomic E-state index is 0.664. The number of aromatic nitrogens is 1. The SMILES string of the molecule is CCCn1cccc1CNCC1(CCC)CC1. The second-order valence-electron chi connectivity index (χ2n) is 5.55. The summed E-state index contributed by atoms with van der Waals surface area (Å²) in [5, 5.41) is 3.65. The van der Waals surface area contributed by atoms with Gasteiger partial charge in [0.25, 0.3) is 0 Å². The molecule has 1 aliphatic carbocycles. The zero-order valence-corrected chi connectivity index (χ0v) is 11.3. The smallest absolute Gasteiger partial charge is 0.0359 e. The minimum absolute atomic E-state index is 0.664. The van der Waals surface area contributed by atoms with Crippen molar-refractivity contribution >= 4 is 0 Å². The predicted octanol–water partition coefficient (Wildman–Crippen LogP) is 3.57.